The molecule has 3 rings (SSSR count). The Hall–Kier alpha value is -1.30. The van der Waals surface area contributed by atoms with E-state index >= 15 is 0 Å². The highest BCUT2D eigenvalue weighted by Gasteiger charge is 2.35. The lowest BCUT2D eigenvalue weighted by atomic mass is 9.83. The molecule has 0 spiro atoms. The SMILES string of the molecule is CN1CCC(C2Cc3c(ccc(O)c3O)C(CN)O2)CC1. The minimum atomic E-state index is -0.190. The molecule has 0 radical (unpaired) electrons. The Bertz CT molecular complexity index is 512. The standard InChI is InChI=1S/C16H24N2O3/c1-18-6-4-10(5-7-18)14-8-12-11(15(9-17)21-14)2-3-13(19)16(12)20/h2-3,10,14-15,19-20H,4-9,17H2,1H3. The van der Waals surface area contributed by atoms with Crippen LogP contribution in [0.3, 0.4) is 0 Å². The molecule has 0 saturated carbocycles. The fourth-order valence-electron chi connectivity index (χ4n) is 3.55. The summed E-state index contributed by atoms with van der Waals surface area (Å²) < 4.78 is 6.20. The van der Waals surface area contributed by atoms with Gasteiger partial charge in [-0.05, 0) is 50.5 Å². The first-order valence-corrected chi connectivity index (χ1v) is 7.68. The van der Waals surface area contributed by atoms with Gasteiger partial charge in [-0.25, -0.2) is 0 Å². The van der Waals surface area contributed by atoms with E-state index in [2.05, 4.69) is 11.9 Å². The summed E-state index contributed by atoms with van der Waals surface area (Å²) in [5, 5.41) is 19.9. The molecule has 0 aliphatic carbocycles. The second-order valence-electron chi connectivity index (χ2n) is 6.24. The van der Waals surface area contributed by atoms with Crippen LogP contribution in [-0.4, -0.2) is 47.9 Å². The minimum absolute atomic E-state index is 0.00724. The van der Waals surface area contributed by atoms with E-state index in [-0.39, 0.29) is 23.7 Å². The molecule has 0 bridgehead atoms. The van der Waals surface area contributed by atoms with Crippen molar-refractivity contribution in [1.29, 1.82) is 0 Å². The van der Waals surface area contributed by atoms with Crippen molar-refractivity contribution in [3.05, 3.63) is 23.3 Å². The lowest BCUT2D eigenvalue weighted by molar-refractivity contribution is -0.0635. The molecule has 2 unspecified atom stereocenters. The summed E-state index contributed by atoms with van der Waals surface area (Å²) >= 11 is 0. The number of benzene rings is 1. The van der Waals surface area contributed by atoms with E-state index in [1.165, 1.54) is 6.07 Å². The van der Waals surface area contributed by atoms with E-state index in [1.54, 1.807) is 0 Å². The van der Waals surface area contributed by atoms with Gasteiger partial charge >= 0.3 is 0 Å². The molecule has 21 heavy (non-hydrogen) atoms. The lowest BCUT2D eigenvalue weighted by Crippen LogP contribution is -2.41. The van der Waals surface area contributed by atoms with E-state index in [1.807, 2.05) is 6.07 Å². The van der Waals surface area contributed by atoms with Gasteiger partial charge in [-0.2, -0.15) is 0 Å². The number of rotatable bonds is 2. The summed E-state index contributed by atoms with van der Waals surface area (Å²) in [6.07, 6.45) is 2.75. The second kappa shape index (κ2) is 5.83. The molecule has 2 aliphatic heterocycles. The van der Waals surface area contributed by atoms with Gasteiger partial charge in [-0.15, -0.1) is 0 Å². The fraction of sp³-hybridized carbons (Fsp3) is 0.625. The number of ether oxygens (including phenoxy) is 1. The number of likely N-dealkylation sites (tertiary alicyclic amines) is 1. The summed E-state index contributed by atoms with van der Waals surface area (Å²) in [4.78, 5) is 2.33. The molecular formula is C16H24N2O3. The average Bonchev–Trinajstić information content (AvgIpc) is 2.51. The largest absolute Gasteiger partial charge is 0.504 e. The Morgan fingerprint density at radius 3 is 2.67 bits per heavy atom. The quantitative estimate of drug-likeness (QED) is 0.718. The van der Waals surface area contributed by atoms with Crippen LogP contribution in [-0.2, 0) is 11.2 Å². The maximum atomic E-state index is 10.2. The second-order valence-corrected chi connectivity index (χ2v) is 6.24. The summed E-state index contributed by atoms with van der Waals surface area (Å²) in [6.45, 7) is 2.55. The number of fused-ring (bicyclic) bond motifs is 1. The van der Waals surface area contributed by atoms with E-state index in [0.717, 1.165) is 37.1 Å². The molecule has 1 saturated heterocycles. The highest BCUT2D eigenvalue weighted by molar-refractivity contribution is 5.51. The van der Waals surface area contributed by atoms with Crippen molar-refractivity contribution in [2.45, 2.75) is 31.5 Å². The summed E-state index contributed by atoms with van der Waals surface area (Å²) in [5.74, 6) is 0.422. The highest BCUT2D eigenvalue weighted by Crippen LogP contribution is 2.42. The monoisotopic (exact) mass is 292 g/mol. The normalized spacial score (nSPS) is 27.5. The van der Waals surface area contributed by atoms with Gasteiger partial charge in [0.15, 0.2) is 11.5 Å². The maximum absolute atomic E-state index is 10.2. The molecule has 1 fully saturated rings. The first-order valence-electron chi connectivity index (χ1n) is 7.68. The number of piperidine rings is 1. The van der Waals surface area contributed by atoms with E-state index in [9.17, 15) is 10.2 Å². The number of nitrogens with two attached hydrogens (primary N) is 1. The molecule has 5 heteroatoms. The summed E-state index contributed by atoms with van der Waals surface area (Å²) in [5.41, 5.74) is 7.56. The van der Waals surface area contributed by atoms with Gasteiger partial charge in [0.2, 0.25) is 0 Å². The van der Waals surface area contributed by atoms with Gasteiger partial charge in [-0.3, -0.25) is 0 Å². The molecule has 1 aromatic carbocycles. The van der Waals surface area contributed by atoms with Crippen molar-refractivity contribution >= 4 is 0 Å². The van der Waals surface area contributed by atoms with Gasteiger partial charge < -0.3 is 25.6 Å². The zero-order valence-corrected chi connectivity index (χ0v) is 12.5. The van der Waals surface area contributed by atoms with Crippen molar-refractivity contribution in [2.75, 3.05) is 26.7 Å². The minimum Gasteiger partial charge on any atom is -0.504 e. The molecule has 2 atom stereocenters. The fourth-order valence-corrected chi connectivity index (χ4v) is 3.55. The van der Waals surface area contributed by atoms with Crippen molar-refractivity contribution in [3.63, 3.8) is 0 Å². The van der Waals surface area contributed by atoms with Crippen LogP contribution >= 0.6 is 0 Å². The van der Waals surface area contributed by atoms with Gasteiger partial charge in [0.25, 0.3) is 0 Å². The topological polar surface area (TPSA) is 79.0 Å². The number of hydrogen-bond donors (Lipinski definition) is 3. The van der Waals surface area contributed by atoms with Crippen LogP contribution in [0.25, 0.3) is 0 Å². The average molecular weight is 292 g/mol. The van der Waals surface area contributed by atoms with Crippen molar-refractivity contribution in [3.8, 4) is 11.5 Å². The molecular weight excluding hydrogens is 268 g/mol. The molecule has 0 aromatic heterocycles. The third-order valence-electron chi connectivity index (χ3n) is 4.89. The summed E-state index contributed by atoms with van der Waals surface area (Å²) in [7, 11) is 2.14. The number of hydrogen-bond acceptors (Lipinski definition) is 5. The molecule has 0 amide bonds. The third-order valence-corrected chi connectivity index (χ3v) is 4.89. The Balaban J connectivity index is 1.85. The molecule has 5 nitrogen and oxygen atoms in total. The molecule has 116 valence electrons. The van der Waals surface area contributed by atoms with Crippen molar-refractivity contribution in [1.82, 2.24) is 4.90 Å². The Morgan fingerprint density at radius 1 is 1.29 bits per heavy atom. The number of nitrogens with zero attached hydrogens (tertiary/aromatic N) is 1. The number of phenolic OH excluding ortho intramolecular Hbond substituents is 2. The van der Waals surface area contributed by atoms with Gasteiger partial charge in [0, 0.05) is 18.5 Å². The van der Waals surface area contributed by atoms with Gasteiger partial charge in [0.1, 0.15) is 0 Å². The Morgan fingerprint density at radius 2 is 2.00 bits per heavy atom. The summed E-state index contributed by atoms with van der Waals surface area (Å²) in [6, 6.07) is 3.32. The van der Waals surface area contributed by atoms with Crippen molar-refractivity contribution in [2.24, 2.45) is 11.7 Å². The molecule has 2 heterocycles. The van der Waals surface area contributed by atoms with Gasteiger partial charge in [-0.1, -0.05) is 6.07 Å². The van der Waals surface area contributed by atoms with Crippen LogP contribution in [0, 0.1) is 5.92 Å². The van der Waals surface area contributed by atoms with E-state index in [4.69, 9.17) is 10.5 Å². The van der Waals surface area contributed by atoms with Crippen LogP contribution in [0.1, 0.15) is 30.1 Å². The number of aromatic hydroxyl groups is 2. The first kappa shape index (κ1) is 14.6. The Labute approximate surface area is 125 Å². The maximum Gasteiger partial charge on any atom is 0.161 e. The number of phenols is 2. The van der Waals surface area contributed by atoms with Gasteiger partial charge in [0.05, 0.1) is 12.2 Å². The zero-order valence-electron chi connectivity index (χ0n) is 12.5. The molecule has 1 aromatic rings. The van der Waals surface area contributed by atoms with Crippen LogP contribution in [0.4, 0.5) is 0 Å². The van der Waals surface area contributed by atoms with Crippen LogP contribution < -0.4 is 5.73 Å². The third kappa shape index (κ3) is 2.73. The van der Waals surface area contributed by atoms with E-state index < -0.39 is 0 Å². The molecule has 4 N–H and O–H groups in total. The Kier molecular flexibility index (Phi) is 4.06. The zero-order chi connectivity index (χ0) is 15.0. The predicted molar refractivity (Wildman–Crippen MR) is 80.4 cm³/mol. The lowest BCUT2D eigenvalue weighted by Gasteiger charge is -2.39. The van der Waals surface area contributed by atoms with Crippen LogP contribution in [0.15, 0.2) is 12.1 Å². The predicted octanol–water partition coefficient (Wildman–Crippen LogP) is 1.38. The molecule has 2 aliphatic rings. The van der Waals surface area contributed by atoms with Crippen molar-refractivity contribution < 1.29 is 14.9 Å². The highest BCUT2D eigenvalue weighted by atomic mass is 16.5. The first-order chi connectivity index (χ1) is 10.1. The smallest absolute Gasteiger partial charge is 0.161 e. The van der Waals surface area contributed by atoms with Crippen LogP contribution in [0.2, 0.25) is 0 Å². The van der Waals surface area contributed by atoms with Crippen LogP contribution in [0.5, 0.6) is 11.5 Å². The van der Waals surface area contributed by atoms with E-state index in [0.29, 0.717) is 18.9 Å².